The first-order chi connectivity index (χ1) is 19.3. The molecule has 0 fully saturated rings. The van der Waals surface area contributed by atoms with E-state index in [-0.39, 0.29) is 5.97 Å². The lowest BCUT2D eigenvalue weighted by Gasteiger charge is -2.14. The maximum Gasteiger partial charge on any atom is 0.343 e. The average Bonchev–Trinajstić information content (AvgIpc) is 2.94. The van der Waals surface area contributed by atoms with Crippen LogP contribution in [0.2, 0.25) is 0 Å². The summed E-state index contributed by atoms with van der Waals surface area (Å²) in [5.74, 6) is 1.24. The molecule has 0 heterocycles. The van der Waals surface area contributed by atoms with Crippen LogP contribution >= 0.6 is 0 Å². The Bertz CT molecular complexity index is 1300. The van der Waals surface area contributed by atoms with Gasteiger partial charge in [-0.25, -0.2) is 9.59 Å². The molecule has 0 bridgehead atoms. The summed E-state index contributed by atoms with van der Waals surface area (Å²) >= 11 is 0. The smallest absolute Gasteiger partial charge is 0.343 e. The molecule has 0 aliphatic heterocycles. The minimum atomic E-state index is -0.416. The van der Waals surface area contributed by atoms with Crippen LogP contribution in [0.15, 0.2) is 73.3 Å². The van der Waals surface area contributed by atoms with Crippen molar-refractivity contribution < 1.29 is 28.5 Å². The highest BCUT2D eigenvalue weighted by atomic mass is 16.5. The maximum absolute atomic E-state index is 12.8. The minimum Gasteiger partial charge on any atom is -0.497 e. The molecule has 210 valence electrons. The molecular formula is C34H38O6. The lowest BCUT2D eigenvalue weighted by atomic mass is 9.95. The van der Waals surface area contributed by atoms with Crippen LogP contribution in [0.4, 0.5) is 0 Å². The number of hydrogen-bond donors (Lipinski definition) is 0. The van der Waals surface area contributed by atoms with Crippen LogP contribution in [0, 0.1) is 13.8 Å². The van der Waals surface area contributed by atoms with Crippen molar-refractivity contribution in [3.8, 4) is 17.2 Å². The number of unbranched alkanes of at least 4 members (excludes halogenated alkanes) is 3. The molecule has 0 spiro atoms. The topological polar surface area (TPSA) is 71.1 Å². The number of hydrogen-bond acceptors (Lipinski definition) is 6. The number of esters is 2. The molecule has 0 unspecified atom stereocenters. The predicted octanol–water partition coefficient (Wildman–Crippen LogP) is 7.76. The van der Waals surface area contributed by atoms with E-state index in [1.54, 1.807) is 31.4 Å². The van der Waals surface area contributed by atoms with Crippen LogP contribution < -0.4 is 14.2 Å². The largest absolute Gasteiger partial charge is 0.497 e. The number of ether oxygens (including phenoxy) is 4. The van der Waals surface area contributed by atoms with Gasteiger partial charge in [-0.1, -0.05) is 24.8 Å². The van der Waals surface area contributed by atoms with Gasteiger partial charge in [0.1, 0.15) is 17.2 Å². The molecule has 3 aromatic carbocycles. The summed E-state index contributed by atoms with van der Waals surface area (Å²) in [6.45, 7) is 10.5. The van der Waals surface area contributed by atoms with E-state index in [9.17, 15) is 9.59 Å². The van der Waals surface area contributed by atoms with E-state index in [0.717, 1.165) is 59.3 Å². The molecule has 3 aromatic rings. The molecule has 0 radical (unpaired) electrons. The van der Waals surface area contributed by atoms with Crippen molar-refractivity contribution in [1.82, 2.24) is 0 Å². The van der Waals surface area contributed by atoms with Gasteiger partial charge in [-0.3, -0.25) is 0 Å². The molecule has 6 heteroatoms. The zero-order chi connectivity index (χ0) is 28.9. The summed E-state index contributed by atoms with van der Waals surface area (Å²) in [6.07, 6.45) is 6.94. The van der Waals surface area contributed by atoms with E-state index in [4.69, 9.17) is 18.9 Å². The molecule has 3 rings (SSSR count). The lowest BCUT2D eigenvalue weighted by molar-refractivity contribution is -0.137. The van der Waals surface area contributed by atoms with Gasteiger partial charge in [-0.2, -0.15) is 0 Å². The normalized spacial score (nSPS) is 11.1. The Balaban J connectivity index is 1.50. The van der Waals surface area contributed by atoms with Crippen molar-refractivity contribution in [3.63, 3.8) is 0 Å². The van der Waals surface area contributed by atoms with E-state index >= 15 is 0 Å². The van der Waals surface area contributed by atoms with E-state index in [2.05, 4.69) is 19.6 Å². The lowest BCUT2D eigenvalue weighted by Crippen LogP contribution is -2.09. The third-order valence-electron chi connectivity index (χ3n) is 6.42. The van der Waals surface area contributed by atoms with Gasteiger partial charge in [-0.05, 0) is 123 Å². The van der Waals surface area contributed by atoms with E-state index in [1.165, 1.54) is 6.08 Å². The fourth-order valence-electron chi connectivity index (χ4n) is 4.46. The molecule has 40 heavy (non-hydrogen) atoms. The van der Waals surface area contributed by atoms with Crippen molar-refractivity contribution in [3.05, 3.63) is 101 Å². The Morgan fingerprint density at radius 1 is 0.800 bits per heavy atom. The Hall–Kier alpha value is -4.32. The Labute approximate surface area is 237 Å². The third-order valence-corrected chi connectivity index (χ3v) is 6.42. The van der Waals surface area contributed by atoms with Crippen LogP contribution in [-0.4, -0.2) is 32.3 Å². The number of rotatable bonds is 14. The van der Waals surface area contributed by atoms with Gasteiger partial charge < -0.3 is 18.9 Å². The van der Waals surface area contributed by atoms with Crippen molar-refractivity contribution in [2.75, 3.05) is 20.3 Å². The van der Waals surface area contributed by atoms with Gasteiger partial charge in [0.15, 0.2) is 0 Å². The van der Waals surface area contributed by atoms with Crippen molar-refractivity contribution >= 4 is 23.6 Å². The van der Waals surface area contributed by atoms with Crippen LogP contribution in [-0.2, 0) is 9.53 Å². The predicted molar refractivity (Wildman–Crippen MR) is 159 cm³/mol. The molecule has 0 aromatic heterocycles. The summed E-state index contributed by atoms with van der Waals surface area (Å²) in [5, 5.41) is 0. The number of allylic oxidation sites excluding steroid dienone is 1. The highest BCUT2D eigenvalue weighted by Gasteiger charge is 2.13. The third kappa shape index (κ3) is 9.16. The van der Waals surface area contributed by atoms with Crippen molar-refractivity contribution in [1.29, 1.82) is 0 Å². The van der Waals surface area contributed by atoms with Crippen LogP contribution in [0.5, 0.6) is 17.2 Å². The molecule has 0 aliphatic rings. The second kappa shape index (κ2) is 15.3. The number of carbonyl (C=O) groups is 2. The summed E-state index contributed by atoms with van der Waals surface area (Å²) in [6, 6.07) is 18.7. The Kier molecular flexibility index (Phi) is 11.6. The second-order valence-electron chi connectivity index (χ2n) is 9.58. The molecule has 0 N–H and O–H groups in total. The number of carbonyl (C=O) groups excluding carboxylic acids is 2. The fraction of sp³-hybridized carbons (Fsp3) is 0.294. The van der Waals surface area contributed by atoms with Gasteiger partial charge in [0.2, 0.25) is 0 Å². The first-order valence-electron chi connectivity index (χ1n) is 13.5. The Morgan fingerprint density at radius 3 is 2.00 bits per heavy atom. The first-order valence-corrected chi connectivity index (χ1v) is 13.5. The van der Waals surface area contributed by atoms with Gasteiger partial charge >= 0.3 is 11.9 Å². The maximum atomic E-state index is 12.8. The Morgan fingerprint density at radius 2 is 1.40 bits per heavy atom. The molecule has 0 atom stereocenters. The number of aryl methyl sites for hydroxylation is 2. The molecule has 0 aliphatic carbocycles. The second-order valence-corrected chi connectivity index (χ2v) is 9.58. The quantitative estimate of drug-likeness (QED) is 0.0682. The zero-order valence-electron chi connectivity index (χ0n) is 23.8. The SMILES string of the molecule is C=CC(=O)OCCCCCCOc1ccc(C(=O)Oc2cc(C)c(C(C)=Cc3ccc(OC)cc3)c(C)c2)cc1. The highest BCUT2D eigenvalue weighted by molar-refractivity contribution is 5.91. The fourth-order valence-corrected chi connectivity index (χ4v) is 4.46. The van der Waals surface area contributed by atoms with Crippen LogP contribution in [0.1, 0.15) is 65.2 Å². The molecular weight excluding hydrogens is 504 g/mol. The van der Waals surface area contributed by atoms with Crippen molar-refractivity contribution in [2.24, 2.45) is 0 Å². The monoisotopic (exact) mass is 542 g/mol. The van der Waals surface area contributed by atoms with E-state index in [0.29, 0.717) is 30.3 Å². The van der Waals surface area contributed by atoms with E-state index in [1.807, 2.05) is 50.2 Å². The standard InChI is InChI=1S/C34H38O6/c1-6-32(35)39-20-10-8-7-9-19-38-30-17-13-28(14-18-30)34(36)40-31-22-25(3)33(26(4)23-31)24(2)21-27-11-15-29(37-5)16-12-27/h6,11-18,21-23H,1,7-10,19-20H2,2-5H3. The highest BCUT2D eigenvalue weighted by Crippen LogP contribution is 2.30. The summed E-state index contributed by atoms with van der Waals surface area (Å²) < 4.78 is 21.7. The van der Waals surface area contributed by atoms with Gasteiger partial charge in [0.25, 0.3) is 0 Å². The molecule has 0 amide bonds. The molecule has 0 saturated carbocycles. The van der Waals surface area contributed by atoms with Gasteiger partial charge in [-0.15, -0.1) is 0 Å². The van der Waals surface area contributed by atoms with Gasteiger partial charge in [0.05, 0.1) is 25.9 Å². The minimum absolute atomic E-state index is 0.386. The first kappa shape index (κ1) is 30.2. The number of methoxy groups -OCH3 is 1. The summed E-state index contributed by atoms with van der Waals surface area (Å²) in [5.41, 5.74) is 5.87. The number of benzene rings is 3. The van der Waals surface area contributed by atoms with Crippen molar-refractivity contribution in [2.45, 2.75) is 46.5 Å². The molecule has 6 nitrogen and oxygen atoms in total. The van der Waals surface area contributed by atoms with E-state index < -0.39 is 5.97 Å². The zero-order valence-corrected chi connectivity index (χ0v) is 23.8. The molecule has 0 saturated heterocycles. The summed E-state index contributed by atoms with van der Waals surface area (Å²) in [7, 11) is 1.66. The average molecular weight is 543 g/mol. The summed E-state index contributed by atoms with van der Waals surface area (Å²) in [4.78, 5) is 23.8. The van der Waals surface area contributed by atoms with Gasteiger partial charge in [0, 0.05) is 6.08 Å². The van der Waals surface area contributed by atoms with Crippen LogP contribution in [0.25, 0.3) is 11.6 Å². The van der Waals surface area contributed by atoms with Crippen LogP contribution in [0.3, 0.4) is 0 Å².